The first-order valence-electron chi connectivity index (χ1n) is 20.8. The summed E-state index contributed by atoms with van der Waals surface area (Å²) in [7, 11) is 0. The molecule has 2 fully saturated rings. The van der Waals surface area contributed by atoms with Gasteiger partial charge in [-0.3, -0.25) is 28.8 Å². The molecule has 2 aliphatic carbocycles. The van der Waals surface area contributed by atoms with Crippen molar-refractivity contribution in [2.75, 3.05) is 10.6 Å². The van der Waals surface area contributed by atoms with Gasteiger partial charge in [-0.1, -0.05) is 23.7 Å². The van der Waals surface area contributed by atoms with E-state index in [1.165, 1.54) is 19.1 Å². The summed E-state index contributed by atoms with van der Waals surface area (Å²) in [6.45, 7) is 7.47. The van der Waals surface area contributed by atoms with Crippen LogP contribution in [0.15, 0.2) is 36.4 Å². The quantitative estimate of drug-likeness (QED) is 0.0715. The highest BCUT2D eigenvalue weighted by molar-refractivity contribution is 6.44. The molecule has 0 spiro atoms. The summed E-state index contributed by atoms with van der Waals surface area (Å²) in [6.07, 6.45) is -1.13. The van der Waals surface area contributed by atoms with Crippen LogP contribution in [0.5, 0.6) is 0 Å². The minimum Gasteiger partial charge on any atom is -0.340 e. The molecule has 0 unspecified atom stereocenters. The number of aryl methyl sites for hydroxylation is 2. The van der Waals surface area contributed by atoms with E-state index in [4.69, 9.17) is 11.6 Å². The summed E-state index contributed by atoms with van der Waals surface area (Å²) in [4.78, 5) is 77.3. The normalized spacial score (nSPS) is 17.5. The van der Waals surface area contributed by atoms with Gasteiger partial charge in [0.05, 0.1) is 23.3 Å². The van der Waals surface area contributed by atoms with Crippen LogP contribution in [0.25, 0.3) is 0 Å². The highest BCUT2D eigenvalue weighted by atomic mass is 35.5. The van der Waals surface area contributed by atoms with Crippen LogP contribution in [0.2, 0.25) is 5.02 Å². The van der Waals surface area contributed by atoms with Gasteiger partial charge in [0.15, 0.2) is 0 Å². The van der Waals surface area contributed by atoms with Crippen molar-refractivity contribution in [1.29, 1.82) is 10.5 Å². The van der Waals surface area contributed by atoms with Crippen molar-refractivity contribution in [2.24, 2.45) is 0 Å². The monoisotopic (exact) mass is 932 g/mol. The van der Waals surface area contributed by atoms with Crippen molar-refractivity contribution in [2.45, 2.75) is 115 Å². The summed E-state index contributed by atoms with van der Waals surface area (Å²) < 4.78 is 70.4. The third kappa shape index (κ3) is 8.79. The lowest BCUT2D eigenvalue weighted by molar-refractivity contribution is -0.135. The second-order valence-corrected chi connectivity index (χ2v) is 17.7. The van der Waals surface area contributed by atoms with Crippen LogP contribution in [-0.2, 0) is 35.5 Å². The van der Waals surface area contributed by atoms with Gasteiger partial charge >= 0.3 is 0 Å². The molecule has 4 aliphatic rings. The number of aromatic nitrogens is 2. The molecule has 2 aromatic carbocycles. The lowest BCUT2D eigenvalue weighted by Crippen LogP contribution is -2.62. The van der Waals surface area contributed by atoms with Crippen LogP contribution in [0.1, 0.15) is 114 Å². The van der Waals surface area contributed by atoms with Crippen LogP contribution in [-0.4, -0.2) is 67.3 Å². The molecule has 66 heavy (non-hydrogen) atoms. The Morgan fingerprint density at radius 3 is 1.39 bits per heavy atom. The van der Waals surface area contributed by atoms with Crippen molar-refractivity contribution < 1.29 is 50.7 Å². The first-order valence-corrected chi connectivity index (χ1v) is 21.2. The highest BCUT2D eigenvalue weighted by Gasteiger charge is 2.59. The largest absolute Gasteiger partial charge is 0.340 e. The summed E-state index contributed by atoms with van der Waals surface area (Å²) in [5.74, 6) is -11.8. The SMILES string of the molecule is Cc1ccc(NC(=O)c2c(C)c(C(=O)C(=O)NC3(C#N)CC(F)(F)C3)c3n2CCC3)cc1Cl.Cc1ccc(NC(=O)c2c(C)c(C(=O)C(=O)NC3(C#N)CC(F)(F)C3)c3n2CCC3)cc1F. The van der Waals surface area contributed by atoms with E-state index < -0.39 is 89.6 Å². The van der Waals surface area contributed by atoms with Gasteiger partial charge in [0.2, 0.25) is 0 Å². The minimum atomic E-state index is -3.07. The zero-order valence-corrected chi connectivity index (χ0v) is 36.8. The lowest BCUT2D eigenvalue weighted by atomic mass is 9.74. The third-order valence-corrected chi connectivity index (χ3v) is 12.8. The lowest BCUT2D eigenvalue weighted by Gasteiger charge is -2.42. The average Bonchev–Trinajstić information content (AvgIpc) is 4.00. The molecular weight excluding hydrogens is 891 g/mol. The smallest absolute Gasteiger partial charge is 0.293 e. The number of hydrogen-bond donors (Lipinski definition) is 4. The maximum atomic E-state index is 13.9. The molecule has 8 rings (SSSR count). The van der Waals surface area contributed by atoms with Crippen LogP contribution in [0.3, 0.4) is 0 Å². The number of nitriles is 2. The number of Topliss-reactive ketones (excluding diaryl/α,β-unsaturated/α-hetero) is 2. The summed E-state index contributed by atoms with van der Waals surface area (Å²) in [6, 6.07) is 12.7. The summed E-state index contributed by atoms with van der Waals surface area (Å²) >= 11 is 6.13. The zero-order valence-electron chi connectivity index (χ0n) is 36.0. The Morgan fingerprint density at radius 1 is 0.636 bits per heavy atom. The van der Waals surface area contributed by atoms with Crippen molar-refractivity contribution in [3.63, 3.8) is 0 Å². The van der Waals surface area contributed by atoms with Crippen molar-refractivity contribution in [3.05, 3.63) is 103 Å². The summed E-state index contributed by atoms with van der Waals surface area (Å²) in [5.41, 5.74) is 0.609. The number of alkyl halides is 4. The zero-order chi connectivity index (χ0) is 48.3. The highest BCUT2D eigenvalue weighted by Crippen LogP contribution is 2.46. The minimum absolute atomic E-state index is 0.0319. The van der Waals surface area contributed by atoms with Gasteiger partial charge in [0.1, 0.15) is 28.3 Å². The number of anilines is 2. The molecular formula is C46H42ClF5N8O6. The van der Waals surface area contributed by atoms with E-state index in [2.05, 4.69) is 21.3 Å². The molecule has 4 heterocycles. The number of nitrogens with zero attached hydrogens (tertiary/aromatic N) is 4. The Kier molecular flexibility index (Phi) is 12.3. The molecule has 20 heteroatoms. The number of carbonyl (C=O) groups is 6. The predicted molar refractivity (Wildman–Crippen MR) is 228 cm³/mol. The molecule has 4 amide bonds. The first-order chi connectivity index (χ1) is 30.9. The van der Waals surface area contributed by atoms with E-state index in [-0.39, 0.29) is 33.8 Å². The first kappa shape index (κ1) is 47.1. The van der Waals surface area contributed by atoms with Crippen LogP contribution in [0.4, 0.5) is 33.3 Å². The molecule has 0 radical (unpaired) electrons. The van der Waals surface area contributed by atoms with Crippen LogP contribution >= 0.6 is 11.6 Å². The van der Waals surface area contributed by atoms with E-state index >= 15 is 0 Å². The number of nitrogens with one attached hydrogen (secondary N) is 4. The van der Waals surface area contributed by atoms with Gasteiger partial charge in [-0.05, 0) is 99.9 Å². The number of amides is 4. The predicted octanol–water partition coefficient (Wildman–Crippen LogP) is 7.38. The van der Waals surface area contributed by atoms with E-state index in [9.17, 15) is 61.2 Å². The third-order valence-electron chi connectivity index (χ3n) is 12.4. The maximum Gasteiger partial charge on any atom is 0.293 e. The molecule has 2 aliphatic heterocycles. The van der Waals surface area contributed by atoms with E-state index in [1.807, 2.05) is 6.92 Å². The topological polar surface area (TPSA) is 208 Å². The molecule has 2 saturated carbocycles. The molecule has 4 aromatic rings. The van der Waals surface area contributed by atoms with E-state index in [0.29, 0.717) is 72.0 Å². The molecule has 0 bridgehead atoms. The number of carbonyl (C=O) groups excluding carboxylic acids is 6. The fourth-order valence-electron chi connectivity index (χ4n) is 9.18. The average molecular weight is 933 g/mol. The Bertz CT molecular complexity index is 2660. The maximum absolute atomic E-state index is 13.9. The van der Waals surface area contributed by atoms with Gasteiger partial charge in [-0.15, -0.1) is 0 Å². The Hall–Kier alpha value is -6.86. The van der Waals surface area contributed by atoms with Crippen molar-refractivity contribution in [3.8, 4) is 12.1 Å². The van der Waals surface area contributed by atoms with E-state index in [1.54, 1.807) is 59.4 Å². The molecule has 0 saturated heterocycles. The fraction of sp³-hybridized carbons (Fsp3) is 0.391. The van der Waals surface area contributed by atoms with Gasteiger partial charge in [-0.2, -0.15) is 10.5 Å². The number of fused-ring (bicyclic) bond motifs is 2. The Labute approximate surface area is 379 Å². The van der Waals surface area contributed by atoms with Gasteiger partial charge in [0, 0.05) is 66.6 Å². The van der Waals surface area contributed by atoms with Crippen molar-refractivity contribution in [1.82, 2.24) is 19.8 Å². The molecule has 344 valence electrons. The van der Waals surface area contributed by atoms with Crippen LogP contribution < -0.4 is 21.3 Å². The second-order valence-electron chi connectivity index (χ2n) is 17.3. The second kappa shape index (κ2) is 17.2. The van der Waals surface area contributed by atoms with E-state index in [0.717, 1.165) is 5.56 Å². The van der Waals surface area contributed by atoms with Gasteiger partial charge in [0.25, 0.3) is 47.0 Å². The van der Waals surface area contributed by atoms with Crippen LogP contribution in [0, 0.1) is 56.2 Å². The standard InChI is InChI=1S/C23H21ClF2N4O3.C23H21F3N4O3/c2*1-12-5-6-14(8-15(12)24)28-20(32)18-13(2)17(16-4-3-7-30(16)18)19(31)21(33)29-22(11-27)9-23(25,26)10-22/h2*5-6,8H,3-4,7,9-10H2,1-2H3,(H,28,32)(H,29,33). The molecule has 2 aromatic heterocycles. The fourth-order valence-corrected chi connectivity index (χ4v) is 9.36. The number of halogens is 6. The van der Waals surface area contributed by atoms with Gasteiger partial charge in [-0.25, -0.2) is 22.0 Å². The molecule has 0 atom stereocenters. The number of ketones is 2. The number of benzene rings is 2. The van der Waals surface area contributed by atoms with Gasteiger partial charge < -0.3 is 30.4 Å². The van der Waals surface area contributed by atoms with Crippen molar-refractivity contribution >= 4 is 58.2 Å². The number of hydrogen-bond acceptors (Lipinski definition) is 8. The molecule has 14 nitrogen and oxygen atoms in total. The summed E-state index contributed by atoms with van der Waals surface area (Å²) in [5, 5.41) is 28.7. The Morgan fingerprint density at radius 2 is 1.03 bits per heavy atom. The Balaban J connectivity index is 0.000000196. The number of rotatable bonds is 10. The molecule has 4 N–H and O–H groups in total.